The van der Waals surface area contributed by atoms with E-state index >= 15 is 0 Å². The van der Waals surface area contributed by atoms with Crippen molar-refractivity contribution < 1.29 is 22.7 Å². The maximum Gasteiger partial charge on any atom is 0.318 e. The van der Waals surface area contributed by atoms with Gasteiger partial charge < -0.3 is 4.74 Å². The Bertz CT molecular complexity index is 1450. The van der Waals surface area contributed by atoms with Crippen molar-refractivity contribution in [3.63, 3.8) is 0 Å². The summed E-state index contributed by atoms with van der Waals surface area (Å²) >= 11 is 0. The van der Waals surface area contributed by atoms with E-state index in [1.807, 2.05) is 50.2 Å². The predicted molar refractivity (Wildman–Crippen MR) is 144 cm³/mol. The van der Waals surface area contributed by atoms with Gasteiger partial charge in [-0.1, -0.05) is 69.2 Å². The van der Waals surface area contributed by atoms with Gasteiger partial charge in [0.1, 0.15) is 5.92 Å². The second-order valence-corrected chi connectivity index (χ2v) is 11.2. The van der Waals surface area contributed by atoms with Crippen molar-refractivity contribution in [3.05, 3.63) is 95.6 Å². The van der Waals surface area contributed by atoms with Crippen LogP contribution in [-0.4, -0.2) is 25.8 Å². The summed E-state index contributed by atoms with van der Waals surface area (Å²) in [6, 6.07) is 23.6. The van der Waals surface area contributed by atoms with Crippen molar-refractivity contribution in [2.45, 2.75) is 55.9 Å². The highest BCUT2D eigenvalue weighted by Crippen LogP contribution is 2.44. The molecule has 0 spiro atoms. The normalized spacial score (nSPS) is 17.4. The van der Waals surface area contributed by atoms with Crippen LogP contribution in [0.3, 0.4) is 0 Å². The number of esters is 1. The molecule has 4 rings (SSSR count). The van der Waals surface area contributed by atoms with Gasteiger partial charge >= 0.3 is 5.97 Å². The summed E-state index contributed by atoms with van der Waals surface area (Å²) in [5.41, 5.74) is 0.897. The van der Waals surface area contributed by atoms with Crippen molar-refractivity contribution >= 4 is 27.5 Å². The van der Waals surface area contributed by atoms with Crippen LogP contribution in [0.5, 0.6) is 0 Å². The molecule has 1 aliphatic heterocycles. The highest BCUT2D eigenvalue weighted by atomic mass is 32.2. The van der Waals surface area contributed by atoms with Crippen molar-refractivity contribution in [3.8, 4) is 6.07 Å². The van der Waals surface area contributed by atoms with Gasteiger partial charge in [-0.2, -0.15) is 5.26 Å². The van der Waals surface area contributed by atoms with Gasteiger partial charge in [0.05, 0.1) is 16.5 Å². The average Bonchev–Trinajstić information content (AvgIpc) is 3.14. The van der Waals surface area contributed by atoms with Gasteiger partial charge in [-0.25, -0.2) is 8.42 Å². The van der Waals surface area contributed by atoms with E-state index in [1.165, 1.54) is 24.3 Å². The number of Topliss-reactive ketones (excluding diaryl/α,β-unsaturated/α-hetero) is 1. The van der Waals surface area contributed by atoms with Crippen LogP contribution in [0.25, 0.3) is 0 Å². The summed E-state index contributed by atoms with van der Waals surface area (Å²) < 4.78 is 34.5. The van der Waals surface area contributed by atoms with E-state index in [4.69, 9.17) is 10.00 Å². The monoisotopic (exact) mass is 530 g/mol. The van der Waals surface area contributed by atoms with Crippen molar-refractivity contribution in [2.24, 2.45) is 5.92 Å². The molecule has 0 amide bonds. The number of benzene rings is 3. The Balaban J connectivity index is 1.74. The molecule has 1 fully saturated rings. The third-order valence-electron chi connectivity index (χ3n) is 6.87. The number of sulfonamides is 1. The fraction of sp³-hybridized carbons (Fsp3) is 0.300. The lowest BCUT2D eigenvalue weighted by atomic mass is 9.74. The highest BCUT2D eigenvalue weighted by Gasteiger charge is 2.56. The number of ketones is 1. The topological polar surface area (TPSA) is 113 Å². The Kier molecular flexibility index (Phi) is 7.98. The third-order valence-corrected chi connectivity index (χ3v) is 8.27. The first-order valence-corrected chi connectivity index (χ1v) is 14.2. The summed E-state index contributed by atoms with van der Waals surface area (Å²) in [6.07, 6.45) is 2.34. The van der Waals surface area contributed by atoms with Crippen LogP contribution in [0.2, 0.25) is 0 Å². The van der Waals surface area contributed by atoms with Crippen LogP contribution < -0.4 is 4.72 Å². The van der Waals surface area contributed by atoms with Crippen LogP contribution >= 0.6 is 0 Å². The number of hydrogen-bond acceptors (Lipinski definition) is 6. The minimum absolute atomic E-state index is 0.0139. The second kappa shape index (κ2) is 11.2. The molecule has 0 radical (unpaired) electrons. The summed E-state index contributed by atoms with van der Waals surface area (Å²) in [5.74, 6) is -2.45. The molecule has 0 aliphatic carbocycles. The van der Waals surface area contributed by atoms with Crippen LogP contribution in [0, 0.1) is 17.2 Å². The van der Waals surface area contributed by atoms with Crippen LogP contribution in [0.4, 0.5) is 5.69 Å². The van der Waals surface area contributed by atoms with Gasteiger partial charge in [-0.15, -0.1) is 0 Å². The highest BCUT2D eigenvalue weighted by molar-refractivity contribution is 7.92. The molecule has 3 aromatic carbocycles. The van der Waals surface area contributed by atoms with Gasteiger partial charge in [0.2, 0.25) is 0 Å². The largest absolute Gasteiger partial charge is 0.450 e. The molecular weight excluding hydrogens is 500 g/mol. The predicted octanol–water partition coefficient (Wildman–Crippen LogP) is 5.57. The molecule has 1 N–H and O–H groups in total. The molecule has 2 atom stereocenters. The lowest BCUT2D eigenvalue weighted by molar-refractivity contribution is -0.154. The average molecular weight is 531 g/mol. The second-order valence-electron chi connectivity index (χ2n) is 9.51. The van der Waals surface area contributed by atoms with Crippen LogP contribution in [-0.2, 0) is 24.3 Å². The first-order valence-electron chi connectivity index (χ1n) is 12.7. The number of hydrogen-bond donors (Lipinski definition) is 1. The molecule has 0 saturated carbocycles. The lowest BCUT2D eigenvalue weighted by Gasteiger charge is -2.26. The molecule has 1 saturated heterocycles. The van der Waals surface area contributed by atoms with Crippen molar-refractivity contribution in [1.29, 1.82) is 5.26 Å². The molecule has 38 heavy (non-hydrogen) atoms. The summed E-state index contributed by atoms with van der Waals surface area (Å²) in [5, 5.41) is 8.99. The number of anilines is 1. The van der Waals surface area contributed by atoms with E-state index in [9.17, 15) is 18.0 Å². The van der Waals surface area contributed by atoms with Crippen LogP contribution in [0.1, 0.15) is 62.1 Å². The fourth-order valence-electron chi connectivity index (χ4n) is 5.22. The first-order chi connectivity index (χ1) is 18.2. The van der Waals surface area contributed by atoms with Crippen LogP contribution in [0.15, 0.2) is 83.8 Å². The molecule has 1 heterocycles. The molecule has 8 heteroatoms. The molecule has 0 aromatic heterocycles. The molecular formula is C30H30N2O5S. The molecule has 0 bridgehead atoms. The quantitative estimate of drug-likeness (QED) is 0.271. The van der Waals surface area contributed by atoms with E-state index in [2.05, 4.69) is 4.72 Å². The van der Waals surface area contributed by atoms with E-state index in [0.717, 1.165) is 5.56 Å². The Hall–Kier alpha value is -3.96. The van der Waals surface area contributed by atoms with E-state index in [-0.39, 0.29) is 10.7 Å². The Morgan fingerprint density at radius 3 is 2.16 bits per heavy atom. The zero-order valence-electron chi connectivity index (χ0n) is 21.4. The van der Waals surface area contributed by atoms with Gasteiger partial charge in [0.25, 0.3) is 10.0 Å². The maximum absolute atomic E-state index is 13.9. The first kappa shape index (κ1) is 27.1. The molecule has 1 aliphatic rings. The third kappa shape index (κ3) is 5.34. The van der Waals surface area contributed by atoms with Crippen molar-refractivity contribution in [2.75, 3.05) is 4.72 Å². The van der Waals surface area contributed by atoms with Crippen molar-refractivity contribution in [1.82, 2.24) is 0 Å². The van der Waals surface area contributed by atoms with E-state index in [1.54, 1.807) is 24.3 Å². The van der Waals surface area contributed by atoms with E-state index in [0.29, 0.717) is 42.5 Å². The standard InChI is InChI=1S/C30H30N2O5S/c1-3-17-30(18-4-2)28(33)27(29(34)37-30)26(22-9-6-5-7-10-22)23-11-8-12-24(19-23)32-38(35,36)25-15-13-21(20-31)14-16-25/h5-16,19,26-27,32H,3-4,17-18H2,1-2H3. The van der Waals surface area contributed by atoms with Gasteiger partial charge in [0, 0.05) is 11.6 Å². The number of carbonyl (C=O) groups is 2. The Labute approximate surface area is 223 Å². The number of nitriles is 1. The Morgan fingerprint density at radius 1 is 0.921 bits per heavy atom. The molecule has 7 nitrogen and oxygen atoms in total. The lowest BCUT2D eigenvalue weighted by Crippen LogP contribution is -2.38. The summed E-state index contributed by atoms with van der Waals surface area (Å²) in [6.45, 7) is 3.92. The zero-order valence-corrected chi connectivity index (χ0v) is 22.2. The van der Waals surface area contributed by atoms with Gasteiger partial charge in [0.15, 0.2) is 11.4 Å². The number of rotatable bonds is 10. The number of ether oxygens (including phenoxy) is 1. The number of nitrogens with one attached hydrogen (secondary N) is 1. The number of carbonyl (C=O) groups excluding carboxylic acids is 2. The number of nitrogens with zero attached hydrogens (tertiary/aromatic N) is 1. The molecule has 2 unspecified atom stereocenters. The fourth-order valence-corrected chi connectivity index (χ4v) is 6.27. The number of cyclic esters (lactones) is 1. The maximum atomic E-state index is 13.9. The minimum atomic E-state index is -3.94. The summed E-state index contributed by atoms with van der Waals surface area (Å²) in [4.78, 5) is 27.2. The smallest absolute Gasteiger partial charge is 0.318 e. The Morgan fingerprint density at radius 2 is 1.55 bits per heavy atom. The van der Waals surface area contributed by atoms with E-state index < -0.39 is 33.4 Å². The minimum Gasteiger partial charge on any atom is -0.450 e. The molecule has 196 valence electrons. The SMILES string of the molecule is CCCC1(CCC)OC(=O)C(C(c2ccccc2)c2cccc(NS(=O)(=O)c3ccc(C#N)cc3)c2)C1=O. The van der Waals surface area contributed by atoms with Gasteiger partial charge in [-0.05, 0) is 60.4 Å². The molecule has 3 aromatic rings. The zero-order chi connectivity index (χ0) is 27.3. The summed E-state index contributed by atoms with van der Waals surface area (Å²) in [7, 11) is -3.94. The van der Waals surface area contributed by atoms with Gasteiger partial charge in [-0.3, -0.25) is 14.3 Å².